The molecule has 0 aliphatic heterocycles. The third-order valence-electron chi connectivity index (χ3n) is 2.00. The minimum absolute atomic E-state index is 0.00192. The van der Waals surface area contributed by atoms with Crippen LogP contribution in [-0.4, -0.2) is 23.4 Å². The Kier molecular flexibility index (Phi) is 5.28. The second-order valence-electron chi connectivity index (χ2n) is 4.31. The first-order valence-electron chi connectivity index (χ1n) is 5.18. The summed E-state index contributed by atoms with van der Waals surface area (Å²) >= 11 is 9.07. The minimum atomic E-state index is -0.277. The van der Waals surface area contributed by atoms with Crippen LogP contribution in [0.3, 0.4) is 0 Å². The second-order valence-corrected chi connectivity index (χ2v) is 5.31. The molecule has 1 rings (SSSR count). The molecule has 1 aromatic carbocycles. The average molecular weight is 321 g/mol. The van der Waals surface area contributed by atoms with E-state index in [2.05, 4.69) is 21.2 Å². The number of carbonyl (C=O) groups excluding carboxylic acids is 1. The summed E-state index contributed by atoms with van der Waals surface area (Å²) in [4.78, 5) is 11.6. The quantitative estimate of drug-likeness (QED) is 0.847. The molecule has 0 saturated heterocycles. The van der Waals surface area contributed by atoms with E-state index in [1.54, 1.807) is 24.3 Å². The van der Waals surface area contributed by atoms with E-state index in [0.717, 1.165) is 0 Å². The van der Waals surface area contributed by atoms with Crippen molar-refractivity contribution in [2.24, 2.45) is 0 Å². The van der Waals surface area contributed by atoms with Crippen molar-refractivity contribution in [1.82, 2.24) is 5.32 Å². The Bertz CT molecular complexity index is 379. The first kappa shape index (κ1) is 14.3. The molecule has 0 radical (unpaired) electrons. The third-order valence-corrected chi connectivity index (χ3v) is 3.65. The molecule has 0 aliphatic carbocycles. The Morgan fingerprint density at radius 2 is 2.00 bits per heavy atom. The molecule has 0 bridgehead atoms. The SMILES string of the molecule is CC(C)(CBr)NC(=O)COc1ccc(Cl)cc1. The molecule has 17 heavy (non-hydrogen) atoms. The van der Waals surface area contributed by atoms with Crippen molar-refractivity contribution in [3.05, 3.63) is 29.3 Å². The molecular weight excluding hydrogens is 305 g/mol. The Morgan fingerprint density at radius 3 is 2.53 bits per heavy atom. The van der Waals surface area contributed by atoms with Gasteiger partial charge < -0.3 is 10.1 Å². The van der Waals surface area contributed by atoms with Crippen LogP contribution >= 0.6 is 27.5 Å². The molecule has 0 saturated carbocycles. The van der Waals surface area contributed by atoms with Gasteiger partial charge in [-0.3, -0.25) is 4.79 Å². The molecule has 1 N–H and O–H groups in total. The van der Waals surface area contributed by atoms with E-state index in [4.69, 9.17) is 16.3 Å². The van der Waals surface area contributed by atoms with Gasteiger partial charge in [-0.25, -0.2) is 0 Å². The molecule has 1 aromatic rings. The monoisotopic (exact) mass is 319 g/mol. The van der Waals surface area contributed by atoms with Crippen molar-refractivity contribution in [3.8, 4) is 5.75 Å². The number of amides is 1. The summed E-state index contributed by atoms with van der Waals surface area (Å²) in [6.07, 6.45) is 0. The molecule has 0 aliphatic rings. The number of alkyl halides is 1. The number of halogens is 2. The summed E-state index contributed by atoms with van der Waals surface area (Å²) in [6.45, 7) is 3.86. The largest absolute Gasteiger partial charge is 0.484 e. The van der Waals surface area contributed by atoms with Gasteiger partial charge in [-0.2, -0.15) is 0 Å². The number of carbonyl (C=O) groups is 1. The van der Waals surface area contributed by atoms with Crippen LogP contribution in [0.2, 0.25) is 5.02 Å². The molecule has 0 heterocycles. The van der Waals surface area contributed by atoms with Crippen molar-refractivity contribution in [2.75, 3.05) is 11.9 Å². The Morgan fingerprint density at radius 1 is 1.41 bits per heavy atom. The molecule has 0 unspecified atom stereocenters. The maximum absolute atomic E-state index is 11.6. The van der Waals surface area contributed by atoms with Crippen LogP contribution in [0.4, 0.5) is 0 Å². The lowest BCUT2D eigenvalue weighted by atomic mass is 10.1. The molecule has 1 amide bonds. The van der Waals surface area contributed by atoms with E-state index in [-0.39, 0.29) is 18.1 Å². The lowest BCUT2D eigenvalue weighted by Gasteiger charge is -2.23. The average Bonchev–Trinajstić information content (AvgIpc) is 2.28. The molecule has 0 fully saturated rings. The van der Waals surface area contributed by atoms with Crippen LogP contribution < -0.4 is 10.1 Å². The zero-order valence-electron chi connectivity index (χ0n) is 9.80. The fourth-order valence-electron chi connectivity index (χ4n) is 1.13. The standard InChI is InChI=1S/C12H15BrClNO2/c1-12(2,8-13)15-11(16)7-17-10-5-3-9(14)4-6-10/h3-6H,7-8H2,1-2H3,(H,15,16). The zero-order valence-corrected chi connectivity index (χ0v) is 12.1. The lowest BCUT2D eigenvalue weighted by Crippen LogP contribution is -2.46. The highest BCUT2D eigenvalue weighted by molar-refractivity contribution is 9.09. The number of nitrogens with one attached hydrogen (secondary N) is 1. The minimum Gasteiger partial charge on any atom is -0.484 e. The second kappa shape index (κ2) is 6.26. The van der Waals surface area contributed by atoms with Gasteiger partial charge in [0, 0.05) is 15.9 Å². The van der Waals surface area contributed by atoms with Crippen molar-refractivity contribution in [1.29, 1.82) is 0 Å². The maximum Gasteiger partial charge on any atom is 0.258 e. The van der Waals surface area contributed by atoms with E-state index in [9.17, 15) is 4.79 Å². The van der Waals surface area contributed by atoms with Crippen LogP contribution in [-0.2, 0) is 4.79 Å². The summed E-state index contributed by atoms with van der Waals surface area (Å²) in [5.74, 6) is 0.477. The van der Waals surface area contributed by atoms with Crippen LogP contribution in [0.5, 0.6) is 5.75 Å². The topological polar surface area (TPSA) is 38.3 Å². The molecular formula is C12H15BrClNO2. The van der Waals surface area contributed by atoms with Crippen LogP contribution in [0.15, 0.2) is 24.3 Å². The number of rotatable bonds is 5. The lowest BCUT2D eigenvalue weighted by molar-refractivity contribution is -0.124. The third kappa shape index (κ3) is 5.41. The molecule has 94 valence electrons. The fourth-order valence-corrected chi connectivity index (χ4v) is 1.39. The predicted molar refractivity (Wildman–Crippen MR) is 73.0 cm³/mol. The van der Waals surface area contributed by atoms with E-state index in [1.807, 2.05) is 13.8 Å². The van der Waals surface area contributed by atoms with Gasteiger partial charge in [0.1, 0.15) is 5.75 Å². The first-order chi connectivity index (χ1) is 7.93. The summed E-state index contributed by atoms with van der Waals surface area (Å²) in [5.41, 5.74) is -0.277. The van der Waals surface area contributed by atoms with Gasteiger partial charge in [0.05, 0.1) is 0 Å². The van der Waals surface area contributed by atoms with E-state index in [1.165, 1.54) is 0 Å². The van der Waals surface area contributed by atoms with Crippen LogP contribution in [0, 0.1) is 0 Å². The van der Waals surface area contributed by atoms with Gasteiger partial charge >= 0.3 is 0 Å². The number of hydrogen-bond acceptors (Lipinski definition) is 2. The summed E-state index contributed by atoms with van der Waals surface area (Å²) < 4.78 is 5.33. The van der Waals surface area contributed by atoms with E-state index >= 15 is 0 Å². The predicted octanol–water partition coefficient (Wildman–Crippen LogP) is 3.01. The Hall–Kier alpha value is -0.740. The molecule has 0 spiro atoms. The normalized spacial score (nSPS) is 11.1. The summed E-state index contributed by atoms with van der Waals surface area (Å²) in [7, 11) is 0. The Labute approximate surface area is 115 Å². The van der Waals surface area contributed by atoms with Gasteiger partial charge in [0.15, 0.2) is 6.61 Å². The van der Waals surface area contributed by atoms with Gasteiger partial charge in [-0.1, -0.05) is 27.5 Å². The van der Waals surface area contributed by atoms with Gasteiger partial charge in [0.25, 0.3) is 5.91 Å². The smallest absolute Gasteiger partial charge is 0.258 e. The van der Waals surface area contributed by atoms with Crippen LogP contribution in [0.1, 0.15) is 13.8 Å². The van der Waals surface area contributed by atoms with E-state index < -0.39 is 0 Å². The number of ether oxygens (including phenoxy) is 1. The van der Waals surface area contributed by atoms with Gasteiger partial charge in [-0.05, 0) is 38.1 Å². The van der Waals surface area contributed by atoms with Gasteiger partial charge in [-0.15, -0.1) is 0 Å². The van der Waals surface area contributed by atoms with Crippen LogP contribution in [0.25, 0.3) is 0 Å². The van der Waals surface area contributed by atoms with Crippen molar-refractivity contribution in [3.63, 3.8) is 0 Å². The zero-order chi connectivity index (χ0) is 12.9. The van der Waals surface area contributed by atoms with Crippen molar-refractivity contribution in [2.45, 2.75) is 19.4 Å². The van der Waals surface area contributed by atoms with Gasteiger partial charge in [0.2, 0.25) is 0 Å². The van der Waals surface area contributed by atoms with Crippen molar-refractivity contribution >= 4 is 33.4 Å². The highest BCUT2D eigenvalue weighted by Crippen LogP contribution is 2.15. The summed E-state index contributed by atoms with van der Waals surface area (Å²) in [6, 6.07) is 6.89. The first-order valence-corrected chi connectivity index (χ1v) is 6.68. The molecule has 3 nitrogen and oxygen atoms in total. The summed E-state index contributed by atoms with van der Waals surface area (Å²) in [5, 5.41) is 4.18. The van der Waals surface area contributed by atoms with E-state index in [0.29, 0.717) is 16.1 Å². The fraction of sp³-hybridized carbons (Fsp3) is 0.417. The number of hydrogen-bond donors (Lipinski definition) is 1. The number of benzene rings is 1. The molecule has 0 atom stereocenters. The highest BCUT2D eigenvalue weighted by atomic mass is 79.9. The maximum atomic E-state index is 11.6. The molecule has 0 aromatic heterocycles. The highest BCUT2D eigenvalue weighted by Gasteiger charge is 2.18. The Balaban J connectivity index is 2.41. The molecule has 5 heteroatoms. The van der Waals surface area contributed by atoms with Crippen molar-refractivity contribution < 1.29 is 9.53 Å².